The highest BCUT2D eigenvalue weighted by atomic mass is 79.9. The summed E-state index contributed by atoms with van der Waals surface area (Å²) in [5, 5.41) is 7.19. The van der Waals surface area contributed by atoms with E-state index in [2.05, 4.69) is 67.1 Å². The molecule has 4 rings (SSSR count). The molecule has 1 amide bonds. The summed E-state index contributed by atoms with van der Waals surface area (Å²) in [6, 6.07) is 9.20. The Bertz CT molecular complexity index is 1250. The fraction of sp³-hybridized carbons (Fsp3) is 0.423. The first-order valence-corrected chi connectivity index (χ1v) is 16.8. The molecule has 38 heavy (non-hydrogen) atoms. The van der Waals surface area contributed by atoms with E-state index in [4.69, 9.17) is 18.6 Å². The SMILES string of the molecule is COc1nc(NCCN2CCCC2)nc(OC)c1NC(=O)c1ccc(Oc2cc([Si](C)(C)C)ccc2Br)o1. The van der Waals surface area contributed by atoms with Gasteiger partial charge in [0.15, 0.2) is 11.4 Å². The predicted octanol–water partition coefficient (Wildman–Crippen LogP) is 4.95. The van der Waals surface area contributed by atoms with Crippen LogP contribution in [0.25, 0.3) is 0 Å². The minimum absolute atomic E-state index is 0.0504. The molecule has 1 saturated heterocycles. The largest absolute Gasteiger partial charge is 0.479 e. The van der Waals surface area contributed by atoms with Gasteiger partial charge in [0, 0.05) is 19.2 Å². The van der Waals surface area contributed by atoms with Crippen molar-refractivity contribution < 1.29 is 23.4 Å². The van der Waals surface area contributed by atoms with E-state index in [0.717, 1.165) is 24.1 Å². The molecule has 0 radical (unpaired) electrons. The number of anilines is 2. The number of hydrogen-bond acceptors (Lipinski definition) is 9. The van der Waals surface area contributed by atoms with Gasteiger partial charge in [0.1, 0.15) is 5.75 Å². The van der Waals surface area contributed by atoms with Gasteiger partial charge < -0.3 is 34.2 Å². The number of amides is 1. The monoisotopic (exact) mass is 603 g/mol. The second kappa shape index (κ2) is 12.2. The zero-order valence-corrected chi connectivity index (χ0v) is 25.0. The number of aromatic nitrogens is 2. The molecule has 0 aliphatic carbocycles. The van der Waals surface area contributed by atoms with Crippen molar-refractivity contribution in [3.8, 4) is 23.5 Å². The quantitative estimate of drug-likeness (QED) is 0.294. The van der Waals surface area contributed by atoms with Gasteiger partial charge in [0.05, 0.1) is 26.8 Å². The lowest BCUT2D eigenvalue weighted by Crippen LogP contribution is -2.37. The first kappa shape index (κ1) is 27.9. The lowest BCUT2D eigenvalue weighted by Gasteiger charge is -2.18. The minimum Gasteiger partial charge on any atom is -0.479 e. The molecule has 10 nitrogen and oxygen atoms in total. The maximum Gasteiger partial charge on any atom is 0.291 e. The molecule has 3 heterocycles. The molecule has 0 atom stereocenters. The van der Waals surface area contributed by atoms with Gasteiger partial charge in [0.2, 0.25) is 17.7 Å². The van der Waals surface area contributed by atoms with E-state index in [1.807, 2.05) is 12.1 Å². The number of nitrogens with one attached hydrogen (secondary N) is 2. The number of ether oxygens (including phenoxy) is 3. The first-order chi connectivity index (χ1) is 18.2. The summed E-state index contributed by atoms with van der Waals surface area (Å²) in [4.78, 5) is 24.2. The maximum absolute atomic E-state index is 13.0. The molecule has 1 fully saturated rings. The van der Waals surface area contributed by atoms with Crippen LogP contribution in [0.2, 0.25) is 19.6 Å². The molecule has 2 N–H and O–H groups in total. The highest BCUT2D eigenvalue weighted by Crippen LogP contribution is 2.34. The Morgan fingerprint density at radius 2 is 1.76 bits per heavy atom. The molecule has 2 aromatic heterocycles. The van der Waals surface area contributed by atoms with E-state index in [0.29, 0.717) is 18.2 Å². The second-order valence-corrected chi connectivity index (χ2v) is 15.9. The molecule has 12 heteroatoms. The van der Waals surface area contributed by atoms with Crippen LogP contribution in [-0.4, -0.2) is 69.2 Å². The molecule has 0 bridgehead atoms. The van der Waals surface area contributed by atoms with Crippen LogP contribution >= 0.6 is 15.9 Å². The van der Waals surface area contributed by atoms with E-state index in [1.165, 1.54) is 38.3 Å². The highest BCUT2D eigenvalue weighted by molar-refractivity contribution is 9.10. The number of likely N-dealkylation sites (tertiary alicyclic amines) is 1. The molecule has 1 aliphatic heterocycles. The summed E-state index contributed by atoms with van der Waals surface area (Å²) in [6.45, 7) is 10.6. The van der Waals surface area contributed by atoms with Crippen LogP contribution in [0.5, 0.6) is 23.5 Å². The van der Waals surface area contributed by atoms with Crippen LogP contribution in [-0.2, 0) is 0 Å². The summed E-state index contributed by atoms with van der Waals surface area (Å²) < 4.78 is 23.3. The molecule has 1 aliphatic rings. The third-order valence-electron chi connectivity index (χ3n) is 6.19. The van der Waals surface area contributed by atoms with Gasteiger partial charge in [-0.15, -0.1) is 0 Å². The molecule has 0 saturated carbocycles. The van der Waals surface area contributed by atoms with Crippen molar-refractivity contribution in [1.29, 1.82) is 0 Å². The van der Waals surface area contributed by atoms with Crippen molar-refractivity contribution in [3.63, 3.8) is 0 Å². The number of nitrogens with zero attached hydrogens (tertiary/aromatic N) is 3. The Morgan fingerprint density at radius 1 is 1.08 bits per heavy atom. The van der Waals surface area contributed by atoms with Crippen molar-refractivity contribution in [2.24, 2.45) is 0 Å². The van der Waals surface area contributed by atoms with Gasteiger partial charge in [-0.25, -0.2) is 0 Å². The van der Waals surface area contributed by atoms with Crippen molar-refractivity contribution in [2.75, 3.05) is 51.0 Å². The minimum atomic E-state index is -1.53. The third-order valence-corrected chi connectivity index (χ3v) is 8.89. The number of carbonyl (C=O) groups excluding carboxylic acids is 1. The second-order valence-electron chi connectivity index (χ2n) is 9.99. The average molecular weight is 605 g/mol. The number of benzene rings is 1. The Kier molecular flexibility index (Phi) is 8.95. The Balaban J connectivity index is 1.45. The van der Waals surface area contributed by atoms with Gasteiger partial charge in [-0.05, 0) is 60.1 Å². The fourth-order valence-electron chi connectivity index (χ4n) is 4.06. The fourth-order valence-corrected chi connectivity index (χ4v) is 5.54. The van der Waals surface area contributed by atoms with E-state index in [1.54, 1.807) is 6.07 Å². The number of carbonyl (C=O) groups is 1. The summed E-state index contributed by atoms with van der Waals surface area (Å²) in [7, 11) is 1.40. The third kappa shape index (κ3) is 6.86. The van der Waals surface area contributed by atoms with E-state index < -0.39 is 14.0 Å². The molecule has 1 aromatic carbocycles. The lowest BCUT2D eigenvalue weighted by molar-refractivity contribution is 0.0990. The Labute approximate surface area is 232 Å². The summed E-state index contributed by atoms with van der Waals surface area (Å²) >= 11 is 3.53. The van der Waals surface area contributed by atoms with Crippen molar-refractivity contribution in [2.45, 2.75) is 32.5 Å². The van der Waals surface area contributed by atoms with Crippen molar-refractivity contribution in [1.82, 2.24) is 14.9 Å². The molecule has 3 aromatic rings. The number of rotatable bonds is 11. The highest BCUT2D eigenvalue weighted by Gasteiger charge is 2.23. The van der Waals surface area contributed by atoms with E-state index in [9.17, 15) is 4.79 Å². The Morgan fingerprint density at radius 3 is 2.39 bits per heavy atom. The van der Waals surface area contributed by atoms with Gasteiger partial charge >= 0.3 is 0 Å². The van der Waals surface area contributed by atoms with Crippen LogP contribution in [0.3, 0.4) is 0 Å². The van der Waals surface area contributed by atoms with Gasteiger partial charge in [-0.1, -0.05) is 30.9 Å². The predicted molar refractivity (Wildman–Crippen MR) is 153 cm³/mol. The smallest absolute Gasteiger partial charge is 0.291 e. The maximum atomic E-state index is 13.0. The number of halogens is 1. The van der Waals surface area contributed by atoms with Crippen molar-refractivity contribution in [3.05, 3.63) is 40.6 Å². The van der Waals surface area contributed by atoms with Crippen LogP contribution in [0.1, 0.15) is 23.4 Å². The average Bonchev–Trinajstić information content (AvgIpc) is 3.57. The van der Waals surface area contributed by atoms with Crippen LogP contribution in [0.4, 0.5) is 11.6 Å². The molecular weight excluding hydrogens is 570 g/mol. The normalized spacial score (nSPS) is 13.8. The van der Waals surface area contributed by atoms with E-state index >= 15 is 0 Å². The topological polar surface area (TPSA) is 111 Å². The molecular formula is C26H34BrN5O5Si. The summed E-state index contributed by atoms with van der Waals surface area (Å²) in [5.41, 5.74) is 0.203. The summed E-state index contributed by atoms with van der Waals surface area (Å²) in [5.74, 6) is 1.04. The van der Waals surface area contributed by atoms with Crippen molar-refractivity contribution >= 4 is 46.7 Å². The van der Waals surface area contributed by atoms with Gasteiger partial charge in [0.25, 0.3) is 11.9 Å². The number of furan rings is 1. The van der Waals surface area contributed by atoms with Crippen LogP contribution in [0.15, 0.2) is 39.2 Å². The Hall–Kier alpha value is -3.09. The zero-order chi connectivity index (χ0) is 27.3. The van der Waals surface area contributed by atoms with E-state index in [-0.39, 0.29) is 29.2 Å². The standard InChI is InChI=1S/C26H34BrN5O5Si/c1-34-24-22(25(35-2)31-26(30-24)28-12-15-32-13-6-7-14-32)29-23(33)19-10-11-21(36-19)37-20-16-17(38(3,4)5)8-9-18(20)27/h8-11,16H,6-7,12-15H2,1-5H3,(H,29,33)(H,28,30,31). The molecule has 0 spiro atoms. The van der Waals surface area contributed by atoms with Crippen LogP contribution < -0.4 is 30.0 Å². The first-order valence-electron chi connectivity index (χ1n) is 12.5. The lowest BCUT2D eigenvalue weighted by atomic mass is 10.3. The number of hydrogen-bond donors (Lipinski definition) is 2. The molecule has 0 unspecified atom stereocenters. The zero-order valence-electron chi connectivity index (χ0n) is 22.4. The van der Waals surface area contributed by atoms with Crippen LogP contribution in [0, 0.1) is 0 Å². The van der Waals surface area contributed by atoms with Gasteiger partial charge in [-0.2, -0.15) is 9.97 Å². The van der Waals surface area contributed by atoms with Gasteiger partial charge in [-0.3, -0.25) is 4.79 Å². The number of methoxy groups -OCH3 is 2. The summed E-state index contributed by atoms with van der Waals surface area (Å²) in [6.07, 6.45) is 2.47. The molecule has 204 valence electrons.